The molecule has 45 heavy (non-hydrogen) atoms. The summed E-state index contributed by atoms with van der Waals surface area (Å²) in [5.74, 6) is -0.539. The van der Waals surface area contributed by atoms with Crippen LogP contribution in [0, 0.1) is 5.92 Å². The first kappa shape index (κ1) is 32.7. The van der Waals surface area contributed by atoms with E-state index in [1.54, 1.807) is 14.2 Å². The van der Waals surface area contributed by atoms with Crippen LogP contribution in [0.25, 0.3) is 21.6 Å². The highest BCUT2D eigenvalue weighted by atomic mass is 79.9. The second-order valence-corrected chi connectivity index (χ2v) is 13.4. The molecule has 0 bridgehead atoms. The van der Waals surface area contributed by atoms with E-state index in [2.05, 4.69) is 40.4 Å². The Labute approximate surface area is 274 Å². The zero-order valence-electron chi connectivity index (χ0n) is 25.8. The number of methoxy groups -OCH3 is 1. The van der Waals surface area contributed by atoms with Crippen LogP contribution in [-0.2, 0) is 9.59 Å². The van der Waals surface area contributed by atoms with Crippen molar-refractivity contribution in [3.63, 3.8) is 0 Å². The summed E-state index contributed by atoms with van der Waals surface area (Å²) in [6.07, 6.45) is 6.70. The lowest BCUT2D eigenvalue weighted by atomic mass is 10.1. The molecule has 3 N–H and O–H groups in total. The summed E-state index contributed by atoms with van der Waals surface area (Å²) in [5, 5.41) is 19.0. The molecule has 1 fully saturated rings. The van der Waals surface area contributed by atoms with Gasteiger partial charge >= 0.3 is 12.0 Å². The minimum absolute atomic E-state index is 0.0583. The number of carbonyl (C=O) groups excluding carboxylic acids is 2. The van der Waals surface area contributed by atoms with Gasteiger partial charge in [-0.25, -0.2) is 19.6 Å². The van der Waals surface area contributed by atoms with Crippen LogP contribution < -0.4 is 20.1 Å². The number of carboxylic acids is 1. The number of ether oxygens (including phenoxy) is 2. The van der Waals surface area contributed by atoms with Crippen LogP contribution in [0.2, 0.25) is 0 Å². The summed E-state index contributed by atoms with van der Waals surface area (Å²) in [6.45, 7) is 4.76. The van der Waals surface area contributed by atoms with Gasteiger partial charge in [-0.1, -0.05) is 26.0 Å². The van der Waals surface area contributed by atoms with E-state index in [0.717, 1.165) is 35.4 Å². The topological polar surface area (TPSA) is 143 Å². The number of benzene rings is 1. The number of allylic oxidation sites excluding steroid dienone is 1. The van der Waals surface area contributed by atoms with Crippen LogP contribution >= 0.6 is 27.3 Å². The van der Waals surface area contributed by atoms with E-state index in [-0.39, 0.29) is 24.9 Å². The molecule has 3 heterocycles. The Hall–Kier alpha value is -3.71. The van der Waals surface area contributed by atoms with Gasteiger partial charge in [-0.2, -0.15) is 0 Å². The van der Waals surface area contributed by atoms with Crippen molar-refractivity contribution in [2.24, 2.45) is 5.92 Å². The number of aliphatic carboxylic acids is 1. The molecule has 0 radical (unpaired) electrons. The van der Waals surface area contributed by atoms with E-state index >= 15 is 0 Å². The molecule has 2 aromatic heterocycles. The first-order chi connectivity index (χ1) is 21.5. The van der Waals surface area contributed by atoms with Crippen LogP contribution in [0.4, 0.5) is 4.79 Å². The molecule has 0 saturated heterocycles. The summed E-state index contributed by atoms with van der Waals surface area (Å²) >= 11 is 5.12. The van der Waals surface area contributed by atoms with Gasteiger partial charge in [-0.05, 0) is 59.7 Å². The van der Waals surface area contributed by atoms with Crippen molar-refractivity contribution in [1.29, 1.82) is 0 Å². The van der Waals surface area contributed by atoms with Crippen molar-refractivity contribution in [1.82, 2.24) is 25.5 Å². The lowest BCUT2D eigenvalue weighted by Crippen LogP contribution is -2.55. The molecule has 3 aromatic rings. The quantitative estimate of drug-likeness (QED) is 0.253. The minimum Gasteiger partial charge on any atom is -0.495 e. The Morgan fingerprint density at radius 2 is 2.04 bits per heavy atom. The molecule has 3 atom stereocenters. The molecule has 0 unspecified atom stereocenters. The van der Waals surface area contributed by atoms with E-state index in [1.165, 1.54) is 16.2 Å². The van der Waals surface area contributed by atoms with Crippen LogP contribution in [0.15, 0.2) is 40.2 Å². The summed E-state index contributed by atoms with van der Waals surface area (Å²) in [6, 6.07) is 4.07. The average Bonchev–Trinajstić information content (AvgIpc) is 3.47. The molecule has 2 aliphatic rings. The largest absolute Gasteiger partial charge is 0.495 e. The number of carboxylic acid groups (broad SMARTS) is 1. The fourth-order valence-electron chi connectivity index (χ4n) is 5.32. The van der Waals surface area contributed by atoms with E-state index < -0.39 is 29.5 Å². The van der Waals surface area contributed by atoms with Gasteiger partial charge in [0.1, 0.15) is 33.8 Å². The van der Waals surface area contributed by atoms with Crippen molar-refractivity contribution >= 4 is 56.1 Å². The number of carbonyl (C=O) groups is 3. The van der Waals surface area contributed by atoms with Gasteiger partial charge in [0.15, 0.2) is 0 Å². The average molecular weight is 701 g/mol. The predicted octanol–water partition coefficient (Wildman–Crippen LogP) is 5.73. The molecule has 1 aliphatic carbocycles. The van der Waals surface area contributed by atoms with Crippen molar-refractivity contribution in [3.8, 4) is 22.2 Å². The van der Waals surface area contributed by atoms with Crippen LogP contribution in [0.3, 0.4) is 0 Å². The number of rotatable bonds is 8. The van der Waals surface area contributed by atoms with Gasteiger partial charge in [0.05, 0.1) is 29.4 Å². The Morgan fingerprint density at radius 3 is 2.76 bits per heavy atom. The molecule has 0 spiro atoms. The number of hydrogen-bond acceptors (Lipinski definition) is 8. The summed E-state index contributed by atoms with van der Waals surface area (Å²) in [5.41, 5.74) is 0.852. The van der Waals surface area contributed by atoms with Gasteiger partial charge < -0.3 is 30.1 Å². The highest BCUT2D eigenvalue weighted by Crippen LogP contribution is 2.45. The molecule has 1 saturated carbocycles. The van der Waals surface area contributed by atoms with E-state index in [0.29, 0.717) is 40.1 Å². The zero-order valence-corrected chi connectivity index (χ0v) is 28.2. The second-order valence-electron chi connectivity index (χ2n) is 11.8. The smallest absolute Gasteiger partial charge is 0.330 e. The Balaban J connectivity index is 1.42. The SMILES string of the molecule is COc1ccc2c(OCC[C@@H]3NC(=O)N(C)CCCCC=C[C@@H]4C[C@@]4(C(=O)O)NC3=O)cc(-c3nc(C(C)C)cs3)nc2c1Br. The normalized spacial score (nSPS) is 22.4. The van der Waals surface area contributed by atoms with Crippen molar-refractivity contribution < 1.29 is 29.0 Å². The van der Waals surface area contributed by atoms with E-state index in [1.807, 2.05) is 35.7 Å². The number of aromatic nitrogens is 2. The number of amides is 3. The Kier molecular flexibility index (Phi) is 9.97. The Bertz CT molecular complexity index is 1630. The van der Waals surface area contributed by atoms with Crippen LogP contribution in [0.5, 0.6) is 11.5 Å². The van der Waals surface area contributed by atoms with Crippen molar-refractivity contribution in [2.45, 2.75) is 63.5 Å². The number of hydrogen-bond donors (Lipinski definition) is 3. The maximum Gasteiger partial charge on any atom is 0.330 e. The van der Waals surface area contributed by atoms with Gasteiger partial charge in [0.25, 0.3) is 0 Å². The summed E-state index contributed by atoms with van der Waals surface area (Å²) in [7, 11) is 3.26. The third-order valence-corrected chi connectivity index (χ3v) is 9.90. The molecule has 5 rings (SSSR count). The number of thiazole rings is 1. The number of urea groups is 1. The minimum atomic E-state index is -1.38. The number of halogens is 1. The summed E-state index contributed by atoms with van der Waals surface area (Å²) < 4.78 is 12.5. The maximum absolute atomic E-state index is 13.5. The van der Waals surface area contributed by atoms with E-state index in [9.17, 15) is 19.5 Å². The van der Waals surface area contributed by atoms with Crippen molar-refractivity contribution in [3.05, 3.63) is 45.9 Å². The summed E-state index contributed by atoms with van der Waals surface area (Å²) in [4.78, 5) is 50.0. The van der Waals surface area contributed by atoms with Crippen LogP contribution in [-0.4, -0.2) is 76.8 Å². The van der Waals surface area contributed by atoms with Crippen molar-refractivity contribution in [2.75, 3.05) is 27.3 Å². The molecular weight excluding hydrogens is 662 g/mol. The van der Waals surface area contributed by atoms with E-state index in [4.69, 9.17) is 19.4 Å². The maximum atomic E-state index is 13.5. The molecule has 1 aromatic carbocycles. The first-order valence-corrected chi connectivity index (χ1v) is 16.7. The lowest BCUT2D eigenvalue weighted by molar-refractivity contribution is -0.143. The monoisotopic (exact) mass is 699 g/mol. The third kappa shape index (κ3) is 7.09. The third-order valence-electron chi connectivity index (χ3n) is 8.25. The van der Waals surface area contributed by atoms with Gasteiger partial charge in [-0.15, -0.1) is 11.3 Å². The molecule has 11 nitrogen and oxygen atoms in total. The molecule has 3 amide bonds. The highest BCUT2D eigenvalue weighted by Gasteiger charge is 2.60. The predicted molar refractivity (Wildman–Crippen MR) is 176 cm³/mol. The fourth-order valence-corrected chi connectivity index (χ4v) is 6.86. The van der Waals surface area contributed by atoms with Gasteiger partial charge in [0, 0.05) is 42.8 Å². The van der Waals surface area contributed by atoms with Gasteiger partial charge in [-0.3, -0.25) is 4.79 Å². The highest BCUT2D eigenvalue weighted by molar-refractivity contribution is 9.10. The molecule has 1 aliphatic heterocycles. The van der Waals surface area contributed by atoms with Crippen LogP contribution in [0.1, 0.15) is 57.6 Å². The number of nitrogens with zero attached hydrogens (tertiary/aromatic N) is 3. The molecule has 240 valence electrons. The standard InChI is InChI=1S/C32H38BrN5O6S/c1-18(2)23-17-45-29(35-23)22-15-25(20-10-11-24(43-4)26(33)27(20)34-22)44-14-12-21-28(39)37-32(30(40)41)16-19(32)9-7-5-6-8-13-38(3)31(42)36-21/h7,9-11,15,17-19,21H,5-6,8,12-14,16H2,1-4H3,(H,36,42)(H,37,39)(H,40,41)/t19-,21+,32-/m1/s1. The second kappa shape index (κ2) is 13.7. The van der Waals surface area contributed by atoms with Gasteiger partial charge in [0.2, 0.25) is 5.91 Å². The molecular formula is C32H38BrN5O6S. The Morgan fingerprint density at radius 1 is 1.24 bits per heavy atom. The number of nitrogens with one attached hydrogen (secondary N) is 2. The lowest BCUT2D eigenvalue weighted by Gasteiger charge is -2.25. The first-order valence-electron chi connectivity index (χ1n) is 15.0. The molecule has 13 heteroatoms. The number of fused-ring (bicyclic) bond motifs is 2. The zero-order chi connectivity index (χ0) is 32.3. The number of pyridine rings is 1. The fraction of sp³-hybridized carbons (Fsp3) is 0.469.